The fourth-order valence-corrected chi connectivity index (χ4v) is 3.44. The minimum Gasteiger partial charge on any atom is -0.493 e. The zero-order chi connectivity index (χ0) is 23.1. The average Bonchev–Trinajstić information content (AvgIpc) is 3.29. The van der Waals surface area contributed by atoms with E-state index in [1.807, 2.05) is 42.5 Å². The smallest absolute Gasteiger partial charge is 0.493 e. The summed E-state index contributed by atoms with van der Waals surface area (Å²) in [5, 5.41) is 2.09. The van der Waals surface area contributed by atoms with Crippen LogP contribution in [-0.2, 0) is 4.74 Å². The Hall–Kier alpha value is -3.01. The minimum absolute atomic E-state index is 0.269. The van der Waals surface area contributed by atoms with Crippen LogP contribution in [0.5, 0.6) is 11.5 Å². The first-order valence-electron chi connectivity index (χ1n) is 10.1. The lowest BCUT2D eigenvalue weighted by atomic mass is 10.1. The van der Waals surface area contributed by atoms with Gasteiger partial charge in [-0.15, -0.1) is 0 Å². The molecule has 2 aromatic carbocycles. The van der Waals surface area contributed by atoms with Crippen molar-refractivity contribution in [1.82, 2.24) is 0 Å². The highest BCUT2D eigenvalue weighted by atomic mass is 19.5. The number of rotatable bonds is 5. The summed E-state index contributed by atoms with van der Waals surface area (Å²) in [6.45, 7) is 1.65. The molecule has 3 aromatic rings. The van der Waals surface area contributed by atoms with Crippen molar-refractivity contribution >= 4 is 18.2 Å². The van der Waals surface area contributed by atoms with E-state index < -0.39 is 7.25 Å². The maximum atomic E-state index is 9.75. The second-order valence-electron chi connectivity index (χ2n) is 7.10. The molecule has 1 fully saturated rings. The number of ether oxygens (including phenoxy) is 3. The van der Waals surface area contributed by atoms with Gasteiger partial charge in [0, 0.05) is 12.2 Å². The molecule has 0 saturated carbocycles. The van der Waals surface area contributed by atoms with E-state index in [1.54, 1.807) is 14.2 Å². The second kappa shape index (κ2) is 10.5. The van der Waals surface area contributed by atoms with Crippen LogP contribution in [0.1, 0.15) is 12.8 Å². The fraction of sp³-hybridized carbons (Fsp3) is 0.318. The number of benzene rings is 2. The first kappa shape index (κ1) is 23.7. The molecule has 1 N–H and O–H groups in total. The van der Waals surface area contributed by atoms with Crippen LogP contribution >= 0.6 is 0 Å². The molecule has 172 valence electrons. The summed E-state index contributed by atoms with van der Waals surface area (Å²) < 4.78 is 61.7. The second-order valence-corrected chi connectivity index (χ2v) is 7.10. The standard InChI is InChI=1S/C22H23NO4.BF4/c1-24-20-10-9-15(12-22(20)25-2)21-13-18(23-14-16-6-5-11-26-16)17-7-3-4-8-19(17)27-21;2-1(3,4)5/h3-4,7-10,12-13,16H,5-6,11,14H2,1-2H3;/q;-1/p+1. The quantitative estimate of drug-likeness (QED) is 0.474. The average molecular weight is 453 g/mol. The Balaban J connectivity index is 0.000000523. The predicted octanol–water partition coefficient (Wildman–Crippen LogP) is 3.58. The van der Waals surface area contributed by atoms with Gasteiger partial charge in [0.05, 0.1) is 25.7 Å². The Kier molecular flexibility index (Phi) is 7.79. The lowest BCUT2D eigenvalue weighted by molar-refractivity contribution is -0.509. The molecule has 0 aliphatic carbocycles. The third kappa shape index (κ3) is 6.50. The summed E-state index contributed by atoms with van der Waals surface area (Å²) in [4.78, 5) is 3.55. The van der Waals surface area contributed by atoms with Gasteiger partial charge in [0.15, 0.2) is 18.0 Å². The summed E-state index contributed by atoms with van der Waals surface area (Å²) >= 11 is 0. The number of methoxy groups -OCH3 is 2. The third-order valence-electron chi connectivity index (χ3n) is 4.88. The zero-order valence-electron chi connectivity index (χ0n) is 17.7. The molecule has 1 unspecified atom stereocenters. The van der Waals surface area contributed by atoms with E-state index >= 15 is 0 Å². The zero-order valence-corrected chi connectivity index (χ0v) is 17.7. The van der Waals surface area contributed by atoms with Gasteiger partial charge in [-0.1, -0.05) is 12.1 Å². The number of nitrogens with one attached hydrogen (secondary N) is 1. The Labute approximate surface area is 182 Å². The van der Waals surface area contributed by atoms with Crippen LogP contribution in [0.2, 0.25) is 0 Å². The maximum absolute atomic E-state index is 9.75. The van der Waals surface area contributed by atoms with Crippen LogP contribution in [0.25, 0.3) is 22.3 Å². The van der Waals surface area contributed by atoms with Gasteiger partial charge < -0.3 is 35.9 Å². The Morgan fingerprint density at radius 2 is 1.72 bits per heavy atom. The first-order valence-corrected chi connectivity index (χ1v) is 10.1. The molecule has 4 rings (SSSR count). The first-order chi connectivity index (χ1) is 15.3. The highest BCUT2D eigenvalue weighted by Gasteiger charge is 2.20. The molecule has 0 bridgehead atoms. The van der Waals surface area contributed by atoms with Gasteiger partial charge in [0.25, 0.3) is 0 Å². The molecule has 10 heteroatoms. The normalized spacial score (nSPS) is 16.6. The molecule has 1 atom stereocenters. The summed E-state index contributed by atoms with van der Waals surface area (Å²) in [5.74, 6) is 2.13. The van der Waals surface area contributed by atoms with Gasteiger partial charge in [-0.2, -0.15) is 0 Å². The number of halogens is 4. The highest BCUT2D eigenvalue weighted by molar-refractivity contribution is 6.50. The van der Waals surface area contributed by atoms with Crippen molar-refractivity contribution in [3.63, 3.8) is 0 Å². The van der Waals surface area contributed by atoms with Gasteiger partial charge in [-0.3, -0.25) is 0 Å². The van der Waals surface area contributed by atoms with Crippen molar-refractivity contribution in [1.29, 1.82) is 0 Å². The maximum Gasteiger partial charge on any atom is 0.673 e. The summed E-state index contributed by atoms with van der Waals surface area (Å²) in [7, 11) is -2.74. The highest BCUT2D eigenvalue weighted by Crippen LogP contribution is 2.32. The van der Waals surface area contributed by atoms with Crippen LogP contribution < -0.4 is 19.8 Å². The third-order valence-corrected chi connectivity index (χ3v) is 4.88. The molecule has 32 heavy (non-hydrogen) atoms. The summed E-state index contributed by atoms with van der Waals surface area (Å²) in [5.41, 5.74) is 1.76. The van der Waals surface area contributed by atoms with Crippen LogP contribution in [-0.4, -0.2) is 40.7 Å². The Morgan fingerprint density at radius 1 is 1.00 bits per heavy atom. The molecule has 2 heterocycles. The molecule has 1 saturated heterocycles. The van der Waals surface area contributed by atoms with Crippen LogP contribution in [0.15, 0.2) is 52.9 Å². The molecule has 5 nitrogen and oxygen atoms in total. The summed E-state index contributed by atoms with van der Waals surface area (Å²) in [6, 6.07) is 15.9. The number of hydrogen-bond acceptors (Lipinski definition) is 4. The van der Waals surface area contributed by atoms with E-state index in [2.05, 4.69) is 11.1 Å². The van der Waals surface area contributed by atoms with Crippen molar-refractivity contribution in [3.05, 3.63) is 53.9 Å². The number of fused-ring (bicyclic) bond motifs is 1. The largest absolute Gasteiger partial charge is 0.673 e. The SMILES string of the molecule is COc1ccc(-c2cc(=[NH+]CC3CCCO3)c3ccccc3o2)cc1OC.F[B-](F)(F)F. The molecule has 1 aliphatic rings. The number of hydrogen-bond donors (Lipinski definition) is 1. The predicted molar refractivity (Wildman–Crippen MR) is 113 cm³/mol. The fourth-order valence-electron chi connectivity index (χ4n) is 3.44. The van der Waals surface area contributed by atoms with E-state index in [0.717, 1.165) is 53.6 Å². The molecule has 0 amide bonds. The molecule has 1 aliphatic heterocycles. The van der Waals surface area contributed by atoms with E-state index in [4.69, 9.17) is 18.6 Å². The van der Waals surface area contributed by atoms with E-state index in [-0.39, 0.29) is 6.10 Å². The van der Waals surface area contributed by atoms with Gasteiger partial charge in [-0.25, -0.2) is 4.99 Å². The van der Waals surface area contributed by atoms with Gasteiger partial charge in [0.1, 0.15) is 17.4 Å². The Morgan fingerprint density at radius 3 is 2.38 bits per heavy atom. The van der Waals surface area contributed by atoms with Crippen LogP contribution in [0.3, 0.4) is 0 Å². The van der Waals surface area contributed by atoms with Gasteiger partial charge >= 0.3 is 7.25 Å². The van der Waals surface area contributed by atoms with Crippen molar-refractivity contribution in [2.45, 2.75) is 18.9 Å². The van der Waals surface area contributed by atoms with Crippen molar-refractivity contribution in [2.24, 2.45) is 0 Å². The van der Waals surface area contributed by atoms with E-state index in [0.29, 0.717) is 11.5 Å². The van der Waals surface area contributed by atoms with Crippen molar-refractivity contribution in [3.8, 4) is 22.8 Å². The van der Waals surface area contributed by atoms with E-state index in [1.165, 1.54) is 0 Å². The van der Waals surface area contributed by atoms with Gasteiger partial charge in [-0.05, 0) is 43.2 Å². The minimum atomic E-state index is -6.00. The lowest BCUT2D eigenvalue weighted by Crippen LogP contribution is -2.79. The summed E-state index contributed by atoms with van der Waals surface area (Å²) in [6.07, 6.45) is 2.50. The molecule has 0 radical (unpaired) electrons. The van der Waals surface area contributed by atoms with Crippen molar-refractivity contribution in [2.75, 3.05) is 27.4 Å². The van der Waals surface area contributed by atoms with Crippen molar-refractivity contribution < 1.29 is 40.9 Å². The van der Waals surface area contributed by atoms with Gasteiger partial charge in [0.2, 0.25) is 5.36 Å². The Bertz CT molecular complexity index is 1110. The monoisotopic (exact) mass is 453 g/mol. The molecule has 0 spiro atoms. The molecule has 1 aromatic heterocycles. The van der Waals surface area contributed by atoms with Crippen LogP contribution in [0, 0.1) is 0 Å². The van der Waals surface area contributed by atoms with Crippen LogP contribution in [0.4, 0.5) is 17.3 Å². The number of para-hydroxylation sites is 1. The topological polar surface area (TPSA) is 54.8 Å². The molecular formula is C22H24BF4NO4. The lowest BCUT2D eigenvalue weighted by Gasteiger charge is -2.09. The van der Waals surface area contributed by atoms with E-state index in [9.17, 15) is 17.3 Å². The molecular weight excluding hydrogens is 429 g/mol.